The topological polar surface area (TPSA) is 35.0 Å². The van der Waals surface area contributed by atoms with Gasteiger partial charge in [-0.25, -0.2) is 0 Å². The second-order valence-corrected chi connectivity index (χ2v) is 4.21. The lowest BCUT2D eigenvalue weighted by Crippen LogP contribution is -1.94. The smallest absolute Gasteiger partial charge is 0.128 e. The summed E-state index contributed by atoms with van der Waals surface area (Å²) in [5.74, 6) is 1.31. The number of rotatable bonds is 3. The van der Waals surface area contributed by atoms with Gasteiger partial charge in [-0.15, -0.1) is 0 Å². The Morgan fingerprint density at radius 2 is 2.00 bits per heavy atom. The Labute approximate surface area is 102 Å². The Balaban J connectivity index is 2.54. The molecule has 0 aliphatic rings. The number of aromatic nitrogens is 2. The maximum absolute atomic E-state index is 5.37. The fourth-order valence-corrected chi connectivity index (χ4v) is 1.72. The molecule has 0 saturated heterocycles. The molecule has 0 aliphatic heterocycles. The van der Waals surface area contributed by atoms with Crippen molar-refractivity contribution in [1.29, 1.82) is 0 Å². The van der Waals surface area contributed by atoms with Crippen molar-refractivity contribution >= 4 is 0 Å². The van der Waals surface area contributed by atoms with E-state index < -0.39 is 0 Å². The van der Waals surface area contributed by atoms with E-state index in [1.807, 2.05) is 6.07 Å². The van der Waals surface area contributed by atoms with Gasteiger partial charge in [0, 0.05) is 18.0 Å². The molecule has 0 bridgehead atoms. The van der Waals surface area contributed by atoms with Gasteiger partial charge in [0.2, 0.25) is 0 Å². The number of hydrogen-bond acceptors (Lipinski definition) is 3. The maximum atomic E-state index is 5.37. The average molecular weight is 228 g/mol. The van der Waals surface area contributed by atoms with Crippen LogP contribution in [-0.4, -0.2) is 17.1 Å². The van der Waals surface area contributed by atoms with Gasteiger partial charge < -0.3 is 4.74 Å². The van der Waals surface area contributed by atoms with Gasteiger partial charge in [0.05, 0.1) is 19.0 Å². The molecule has 3 heteroatoms. The van der Waals surface area contributed by atoms with Gasteiger partial charge in [0.15, 0.2) is 0 Å². The molecule has 88 valence electrons. The molecule has 2 aromatic rings. The monoisotopic (exact) mass is 228 g/mol. The number of methoxy groups -OCH3 is 1. The number of benzene rings is 1. The Kier molecular flexibility index (Phi) is 3.38. The first-order valence-corrected chi connectivity index (χ1v) is 5.66. The van der Waals surface area contributed by atoms with Crippen molar-refractivity contribution in [3.05, 3.63) is 42.4 Å². The molecule has 0 N–H and O–H groups in total. The Hall–Kier alpha value is -1.90. The van der Waals surface area contributed by atoms with Crippen molar-refractivity contribution in [3.63, 3.8) is 0 Å². The van der Waals surface area contributed by atoms with Gasteiger partial charge >= 0.3 is 0 Å². The summed E-state index contributed by atoms with van der Waals surface area (Å²) in [5, 5.41) is 0. The van der Waals surface area contributed by atoms with E-state index in [1.165, 1.54) is 5.56 Å². The van der Waals surface area contributed by atoms with Crippen LogP contribution in [0.25, 0.3) is 11.3 Å². The van der Waals surface area contributed by atoms with E-state index in [1.54, 1.807) is 25.7 Å². The summed E-state index contributed by atoms with van der Waals surface area (Å²) in [6.45, 7) is 4.34. The molecule has 0 fully saturated rings. The molecular weight excluding hydrogens is 212 g/mol. The quantitative estimate of drug-likeness (QED) is 0.808. The molecule has 0 amide bonds. The van der Waals surface area contributed by atoms with Crippen LogP contribution in [0.4, 0.5) is 0 Å². The molecule has 0 saturated carbocycles. The molecule has 17 heavy (non-hydrogen) atoms. The van der Waals surface area contributed by atoms with E-state index in [0.29, 0.717) is 5.92 Å². The molecule has 3 nitrogen and oxygen atoms in total. The normalized spacial score (nSPS) is 10.6. The second-order valence-electron chi connectivity index (χ2n) is 4.21. The first-order valence-electron chi connectivity index (χ1n) is 5.66. The van der Waals surface area contributed by atoms with Gasteiger partial charge in [-0.3, -0.25) is 9.97 Å². The highest BCUT2D eigenvalue weighted by atomic mass is 16.5. The van der Waals surface area contributed by atoms with Crippen molar-refractivity contribution in [2.45, 2.75) is 19.8 Å². The van der Waals surface area contributed by atoms with Crippen LogP contribution in [0.1, 0.15) is 25.3 Å². The van der Waals surface area contributed by atoms with Gasteiger partial charge in [-0.1, -0.05) is 19.9 Å². The lowest BCUT2D eigenvalue weighted by molar-refractivity contribution is 0.416. The average Bonchev–Trinajstić information content (AvgIpc) is 2.39. The summed E-state index contributed by atoms with van der Waals surface area (Å²) in [7, 11) is 1.67. The van der Waals surface area contributed by atoms with E-state index >= 15 is 0 Å². The maximum Gasteiger partial charge on any atom is 0.128 e. The van der Waals surface area contributed by atoms with Gasteiger partial charge in [0.1, 0.15) is 5.75 Å². The molecule has 1 aromatic heterocycles. The van der Waals surface area contributed by atoms with Crippen molar-refractivity contribution < 1.29 is 4.74 Å². The lowest BCUT2D eigenvalue weighted by Gasteiger charge is -2.12. The highest BCUT2D eigenvalue weighted by Crippen LogP contribution is 2.31. The SMILES string of the molecule is COc1ccc(C(C)C)cc1-c1cnccn1. The number of ether oxygens (including phenoxy) is 1. The van der Waals surface area contributed by atoms with Crippen LogP contribution >= 0.6 is 0 Å². The zero-order valence-electron chi connectivity index (χ0n) is 10.3. The largest absolute Gasteiger partial charge is 0.496 e. The van der Waals surface area contributed by atoms with Crippen molar-refractivity contribution in [2.24, 2.45) is 0 Å². The van der Waals surface area contributed by atoms with E-state index in [-0.39, 0.29) is 0 Å². The summed E-state index contributed by atoms with van der Waals surface area (Å²) in [4.78, 5) is 8.41. The van der Waals surface area contributed by atoms with E-state index in [4.69, 9.17) is 4.74 Å². The first-order chi connectivity index (χ1) is 8.22. The molecule has 0 radical (unpaired) electrons. The Morgan fingerprint density at radius 3 is 2.59 bits per heavy atom. The van der Waals surface area contributed by atoms with Crippen LogP contribution in [0, 0.1) is 0 Å². The molecule has 0 aliphatic carbocycles. The van der Waals surface area contributed by atoms with Crippen molar-refractivity contribution in [1.82, 2.24) is 9.97 Å². The van der Waals surface area contributed by atoms with Crippen LogP contribution in [0.3, 0.4) is 0 Å². The molecule has 0 atom stereocenters. The van der Waals surface area contributed by atoms with Gasteiger partial charge in [0.25, 0.3) is 0 Å². The summed E-state index contributed by atoms with van der Waals surface area (Å²) in [6, 6.07) is 6.19. The lowest BCUT2D eigenvalue weighted by atomic mass is 9.99. The third-order valence-corrected chi connectivity index (χ3v) is 2.73. The molecule has 1 aromatic carbocycles. The molecule has 0 unspecified atom stereocenters. The van der Waals surface area contributed by atoms with Crippen LogP contribution in [-0.2, 0) is 0 Å². The van der Waals surface area contributed by atoms with Crippen molar-refractivity contribution in [3.8, 4) is 17.0 Å². The van der Waals surface area contributed by atoms with E-state index in [9.17, 15) is 0 Å². The molecule has 0 spiro atoms. The predicted octanol–water partition coefficient (Wildman–Crippen LogP) is 3.28. The minimum Gasteiger partial charge on any atom is -0.496 e. The highest BCUT2D eigenvalue weighted by molar-refractivity contribution is 5.67. The zero-order chi connectivity index (χ0) is 12.3. The van der Waals surface area contributed by atoms with Crippen molar-refractivity contribution in [2.75, 3.05) is 7.11 Å². The minimum absolute atomic E-state index is 0.483. The fourth-order valence-electron chi connectivity index (χ4n) is 1.72. The number of hydrogen-bond donors (Lipinski definition) is 0. The summed E-state index contributed by atoms with van der Waals surface area (Å²) < 4.78 is 5.37. The minimum atomic E-state index is 0.483. The molecule has 1 heterocycles. The fraction of sp³-hybridized carbons (Fsp3) is 0.286. The van der Waals surface area contributed by atoms with E-state index in [0.717, 1.165) is 17.0 Å². The summed E-state index contributed by atoms with van der Waals surface area (Å²) in [6.07, 6.45) is 5.11. The zero-order valence-corrected chi connectivity index (χ0v) is 10.3. The highest BCUT2D eigenvalue weighted by Gasteiger charge is 2.09. The standard InChI is InChI=1S/C14H16N2O/c1-10(2)11-4-5-14(17-3)12(8-11)13-9-15-6-7-16-13/h4-10H,1-3H3. The van der Waals surface area contributed by atoms with Gasteiger partial charge in [-0.05, 0) is 23.6 Å². The van der Waals surface area contributed by atoms with Crippen LogP contribution in [0.2, 0.25) is 0 Å². The third kappa shape index (κ3) is 2.44. The predicted molar refractivity (Wildman–Crippen MR) is 68.1 cm³/mol. The molecular formula is C14H16N2O. The summed E-state index contributed by atoms with van der Waals surface area (Å²) >= 11 is 0. The summed E-state index contributed by atoms with van der Waals surface area (Å²) in [5.41, 5.74) is 3.10. The van der Waals surface area contributed by atoms with Crippen LogP contribution < -0.4 is 4.74 Å². The number of nitrogens with zero attached hydrogens (tertiary/aromatic N) is 2. The third-order valence-electron chi connectivity index (χ3n) is 2.73. The molecule has 2 rings (SSSR count). The first kappa shape index (κ1) is 11.6. The Morgan fingerprint density at radius 1 is 1.18 bits per heavy atom. The second kappa shape index (κ2) is 4.95. The van der Waals surface area contributed by atoms with Crippen LogP contribution in [0.5, 0.6) is 5.75 Å². The Bertz CT molecular complexity index is 495. The van der Waals surface area contributed by atoms with E-state index in [2.05, 4.69) is 35.9 Å². The van der Waals surface area contributed by atoms with Gasteiger partial charge in [-0.2, -0.15) is 0 Å². The van der Waals surface area contributed by atoms with Crippen LogP contribution in [0.15, 0.2) is 36.8 Å².